The highest BCUT2D eigenvalue weighted by Crippen LogP contribution is 2.49. The van der Waals surface area contributed by atoms with Crippen LogP contribution in [0.1, 0.15) is 41.1 Å². The van der Waals surface area contributed by atoms with Crippen LogP contribution in [0.3, 0.4) is 0 Å². The number of fused-ring (bicyclic) bond motifs is 7. The standard InChI is InChI=1S/C19H18FN3O3S/c1-8-23-15-11-4-2-3-10-5-9(21)7-22(10)16(11)13(20)6-12(15)17(24)14(19(25)26)18(23)27-8/h2,4,6,8-10H,3,5,7,21H2,1H3,(H,25,26)/t8?,9-,10+/m0/s1. The number of nitrogens with two attached hydrogens (primary N) is 1. The molecule has 1 unspecified atom stereocenters. The average Bonchev–Trinajstić information content (AvgIpc) is 2.85. The van der Waals surface area contributed by atoms with Crippen LogP contribution in [0.15, 0.2) is 22.0 Å². The molecule has 6 nitrogen and oxygen atoms in total. The fraction of sp³-hybridized carbons (Fsp3) is 0.368. The second-order valence-electron chi connectivity index (χ2n) is 7.36. The zero-order chi connectivity index (χ0) is 19.0. The number of nitrogens with zero attached hydrogens (tertiary/aromatic N) is 2. The van der Waals surface area contributed by atoms with Gasteiger partial charge in [0.2, 0.25) is 5.43 Å². The number of anilines is 1. The highest BCUT2D eigenvalue weighted by molar-refractivity contribution is 8.00. The molecule has 8 heteroatoms. The van der Waals surface area contributed by atoms with Crippen molar-refractivity contribution in [2.45, 2.75) is 42.2 Å². The van der Waals surface area contributed by atoms with Crippen molar-refractivity contribution >= 4 is 40.4 Å². The van der Waals surface area contributed by atoms with Gasteiger partial charge in [0.1, 0.15) is 11.4 Å². The molecule has 1 fully saturated rings. The number of pyridine rings is 1. The van der Waals surface area contributed by atoms with E-state index in [0.717, 1.165) is 12.8 Å². The van der Waals surface area contributed by atoms with E-state index >= 15 is 4.39 Å². The molecule has 1 saturated heterocycles. The first-order valence-corrected chi connectivity index (χ1v) is 9.80. The van der Waals surface area contributed by atoms with E-state index in [2.05, 4.69) is 0 Å². The molecule has 3 aliphatic heterocycles. The number of hydrogen-bond donors (Lipinski definition) is 2. The molecule has 27 heavy (non-hydrogen) atoms. The smallest absolute Gasteiger partial charge is 0.342 e. The maximum atomic E-state index is 15.2. The summed E-state index contributed by atoms with van der Waals surface area (Å²) >= 11 is 1.35. The maximum Gasteiger partial charge on any atom is 0.342 e. The average molecular weight is 387 g/mol. The first kappa shape index (κ1) is 16.8. The van der Waals surface area contributed by atoms with Gasteiger partial charge in [-0.2, -0.15) is 0 Å². The summed E-state index contributed by atoms with van der Waals surface area (Å²) < 4.78 is 17.0. The number of halogens is 1. The fourth-order valence-corrected chi connectivity index (χ4v) is 5.73. The summed E-state index contributed by atoms with van der Waals surface area (Å²) in [6.07, 6.45) is 5.42. The molecule has 0 bridgehead atoms. The van der Waals surface area contributed by atoms with Crippen LogP contribution >= 0.6 is 11.8 Å². The SMILES string of the molecule is CC1Sc2c(C(=O)O)c(=O)c3cc(F)c4c(c3n21)C=CC[C@@H]1C[C@H](N)CN41. The van der Waals surface area contributed by atoms with Crippen molar-refractivity contribution in [3.63, 3.8) is 0 Å². The van der Waals surface area contributed by atoms with Gasteiger partial charge >= 0.3 is 5.97 Å². The van der Waals surface area contributed by atoms with Crippen LogP contribution in [0.2, 0.25) is 0 Å². The van der Waals surface area contributed by atoms with Gasteiger partial charge in [-0.15, -0.1) is 0 Å². The lowest BCUT2D eigenvalue weighted by molar-refractivity contribution is 0.0689. The highest BCUT2D eigenvalue weighted by Gasteiger charge is 2.38. The Bertz CT molecular complexity index is 1110. The van der Waals surface area contributed by atoms with Gasteiger partial charge in [0.15, 0.2) is 0 Å². The van der Waals surface area contributed by atoms with Crippen LogP contribution in [0, 0.1) is 5.82 Å². The maximum absolute atomic E-state index is 15.2. The highest BCUT2D eigenvalue weighted by atomic mass is 32.2. The van der Waals surface area contributed by atoms with Gasteiger partial charge in [-0.25, -0.2) is 9.18 Å². The number of carbonyl (C=O) groups is 1. The second-order valence-corrected chi connectivity index (χ2v) is 8.66. The summed E-state index contributed by atoms with van der Waals surface area (Å²) in [6, 6.07) is 1.32. The first-order chi connectivity index (χ1) is 12.9. The molecule has 0 radical (unpaired) electrons. The van der Waals surface area contributed by atoms with E-state index in [1.165, 1.54) is 17.8 Å². The van der Waals surface area contributed by atoms with Gasteiger partial charge in [0, 0.05) is 24.2 Å². The van der Waals surface area contributed by atoms with Gasteiger partial charge in [0.25, 0.3) is 0 Å². The van der Waals surface area contributed by atoms with Gasteiger partial charge in [-0.05, 0) is 25.8 Å². The molecular formula is C19H18FN3O3S. The third-order valence-corrected chi connectivity index (χ3v) is 6.87. The normalized spacial score (nSPS) is 25.6. The molecule has 5 rings (SSSR count). The summed E-state index contributed by atoms with van der Waals surface area (Å²) in [5.41, 5.74) is 6.94. The van der Waals surface area contributed by atoms with Gasteiger partial charge < -0.3 is 20.3 Å². The summed E-state index contributed by atoms with van der Waals surface area (Å²) in [5.74, 6) is -1.78. The number of thioether (sulfide) groups is 1. The van der Waals surface area contributed by atoms with Crippen LogP contribution in [0.4, 0.5) is 10.1 Å². The number of carboxylic acids is 1. The Kier molecular flexibility index (Phi) is 3.48. The van der Waals surface area contributed by atoms with E-state index in [1.54, 1.807) is 0 Å². The lowest BCUT2D eigenvalue weighted by atomic mass is 10.0. The largest absolute Gasteiger partial charge is 0.477 e. The van der Waals surface area contributed by atoms with Crippen LogP contribution in [0.5, 0.6) is 0 Å². The number of rotatable bonds is 1. The predicted octanol–water partition coefficient (Wildman–Crippen LogP) is 2.79. The quantitative estimate of drug-likeness (QED) is 0.782. The van der Waals surface area contributed by atoms with E-state index in [-0.39, 0.29) is 28.4 Å². The molecule has 1 aromatic carbocycles. The number of aromatic carboxylic acids is 1. The lowest BCUT2D eigenvalue weighted by Crippen LogP contribution is -2.32. The summed E-state index contributed by atoms with van der Waals surface area (Å²) in [4.78, 5) is 26.5. The molecule has 1 aromatic heterocycles. The molecule has 0 spiro atoms. The van der Waals surface area contributed by atoms with Crippen LogP contribution in [-0.2, 0) is 0 Å². The van der Waals surface area contributed by atoms with Crippen molar-refractivity contribution in [3.05, 3.63) is 39.3 Å². The number of carboxylic acid groups (broad SMARTS) is 1. The molecule has 3 atom stereocenters. The molecule has 4 heterocycles. The fourth-order valence-electron chi connectivity index (χ4n) is 4.60. The minimum Gasteiger partial charge on any atom is -0.477 e. The lowest BCUT2D eigenvalue weighted by Gasteiger charge is -2.34. The molecule has 140 valence electrons. The first-order valence-electron chi connectivity index (χ1n) is 8.92. The number of hydrogen-bond acceptors (Lipinski definition) is 5. The van der Waals surface area contributed by atoms with Gasteiger partial charge in [-0.3, -0.25) is 4.79 Å². The van der Waals surface area contributed by atoms with Gasteiger partial charge in [0.05, 0.1) is 27.0 Å². The van der Waals surface area contributed by atoms with Crippen LogP contribution < -0.4 is 16.1 Å². The summed E-state index contributed by atoms with van der Waals surface area (Å²) in [6.45, 7) is 2.51. The van der Waals surface area contributed by atoms with Crippen molar-refractivity contribution in [1.29, 1.82) is 0 Å². The molecule has 3 N–H and O–H groups in total. The van der Waals surface area contributed by atoms with Crippen molar-refractivity contribution in [2.24, 2.45) is 5.73 Å². The topological polar surface area (TPSA) is 88.6 Å². The Balaban J connectivity index is 1.91. The number of benzene rings is 1. The van der Waals surface area contributed by atoms with Crippen molar-refractivity contribution in [3.8, 4) is 0 Å². The monoisotopic (exact) mass is 387 g/mol. The molecular weight excluding hydrogens is 369 g/mol. The molecule has 0 saturated carbocycles. The third-order valence-electron chi connectivity index (χ3n) is 5.69. The summed E-state index contributed by atoms with van der Waals surface area (Å²) in [7, 11) is 0. The van der Waals surface area contributed by atoms with E-state index in [9.17, 15) is 14.7 Å². The summed E-state index contributed by atoms with van der Waals surface area (Å²) in [5, 5.41) is 10.0. The Morgan fingerprint density at radius 3 is 2.93 bits per heavy atom. The minimum absolute atomic E-state index is 0.0148. The molecule has 0 amide bonds. The minimum atomic E-state index is -1.28. The van der Waals surface area contributed by atoms with Crippen LogP contribution in [0.25, 0.3) is 17.0 Å². The van der Waals surface area contributed by atoms with E-state index in [0.29, 0.717) is 28.3 Å². The Morgan fingerprint density at radius 1 is 1.44 bits per heavy atom. The zero-order valence-corrected chi connectivity index (χ0v) is 15.4. The van der Waals surface area contributed by atoms with Crippen LogP contribution in [-0.4, -0.2) is 34.3 Å². The van der Waals surface area contributed by atoms with Crippen molar-refractivity contribution in [2.75, 3.05) is 11.4 Å². The zero-order valence-electron chi connectivity index (χ0n) is 14.6. The molecule has 0 aliphatic carbocycles. The Hall–Kier alpha value is -2.32. The Labute approximate surface area is 158 Å². The van der Waals surface area contributed by atoms with Gasteiger partial charge in [-0.1, -0.05) is 23.9 Å². The second kappa shape index (κ2) is 5.59. The Morgan fingerprint density at radius 2 is 2.22 bits per heavy atom. The van der Waals surface area contributed by atoms with Crippen molar-refractivity contribution < 1.29 is 14.3 Å². The molecule has 3 aliphatic rings. The van der Waals surface area contributed by atoms with E-state index < -0.39 is 17.2 Å². The van der Waals surface area contributed by atoms with Crippen molar-refractivity contribution in [1.82, 2.24) is 4.57 Å². The third kappa shape index (κ3) is 2.17. The van der Waals surface area contributed by atoms with E-state index in [4.69, 9.17) is 5.73 Å². The van der Waals surface area contributed by atoms with E-state index in [1.807, 2.05) is 28.5 Å². The predicted molar refractivity (Wildman–Crippen MR) is 103 cm³/mol. The number of aromatic nitrogens is 1. The molecule has 2 aromatic rings.